The summed E-state index contributed by atoms with van der Waals surface area (Å²) in [4.78, 5) is 60.6. The molecule has 4 saturated heterocycles. The van der Waals surface area contributed by atoms with E-state index in [1.807, 2.05) is 60.7 Å². The highest BCUT2D eigenvalue weighted by Gasteiger charge is 2.79. The van der Waals surface area contributed by atoms with Crippen LogP contribution in [0.3, 0.4) is 0 Å². The van der Waals surface area contributed by atoms with E-state index in [0.29, 0.717) is 11.4 Å². The van der Waals surface area contributed by atoms with Gasteiger partial charge in [0.2, 0.25) is 23.6 Å². The fraction of sp³-hybridized carbons (Fsp3) is 0.300. The summed E-state index contributed by atoms with van der Waals surface area (Å²) in [5.41, 5.74) is -0.0105. The minimum Gasteiger partial charge on any atom is -0.364 e. The lowest BCUT2D eigenvalue weighted by Gasteiger charge is -2.48. The molecule has 0 bridgehead atoms. The fourth-order valence-corrected chi connectivity index (χ4v) is 10.5. The number of nitrogens with one attached hydrogen (secondary N) is 4. The van der Waals surface area contributed by atoms with Crippen LogP contribution in [0.2, 0.25) is 0 Å². The molecule has 6 heterocycles. The highest BCUT2D eigenvalue weighted by atomic mass is 19.1. The fourth-order valence-electron chi connectivity index (χ4n) is 10.5. The van der Waals surface area contributed by atoms with Crippen LogP contribution in [0, 0.1) is 11.6 Å². The Morgan fingerprint density at radius 2 is 0.942 bits per heavy atom. The van der Waals surface area contributed by atoms with Gasteiger partial charge in [0.15, 0.2) is 0 Å². The number of benzene rings is 4. The maximum atomic E-state index is 16.7. The Kier molecular flexibility index (Phi) is 6.48. The van der Waals surface area contributed by atoms with E-state index >= 15 is 8.78 Å². The summed E-state index contributed by atoms with van der Waals surface area (Å²) in [6.45, 7) is 0. The number of rotatable bonds is 5. The minimum atomic E-state index is -1.50. The van der Waals surface area contributed by atoms with E-state index < -0.39 is 70.8 Å². The molecule has 6 aliphatic heterocycles. The zero-order valence-corrected chi connectivity index (χ0v) is 27.8. The molecule has 0 spiro atoms. The molecule has 4 N–H and O–H groups in total. The van der Waals surface area contributed by atoms with Crippen LogP contribution in [0.5, 0.6) is 0 Å². The van der Waals surface area contributed by atoms with E-state index in [0.717, 1.165) is 11.1 Å². The Morgan fingerprint density at radius 3 is 1.35 bits per heavy atom. The first kappa shape index (κ1) is 31.0. The molecule has 0 radical (unpaired) electrons. The number of amides is 4. The van der Waals surface area contributed by atoms with E-state index in [1.165, 1.54) is 21.9 Å². The first-order valence-electron chi connectivity index (χ1n) is 17.7. The van der Waals surface area contributed by atoms with Gasteiger partial charge in [0.25, 0.3) is 0 Å². The average Bonchev–Trinajstić information content (AvgIpc) is 3.85. The van der Waals surface area contributed by atoms with Gasteiger partial charge >= 0.3 is 0 Å². The van der Waals surface area contributed by atoms with Crippen LogP contribution in [-0.2, 0) is 42.8 Å². The third kappa shape index (κ3) is 3.92. The topological polar surface area (TPSA) is 123 Å². The van der Waals surface area contributed by atoms with Crippen molar-refractivity contribution in [3.8, 4) is 0 Å². The number of hydrogen-bond acceptors (Lipinski definition) is 6. The second-order valence-electron chi connectivity index (χ2n) is 14.8. The molecular formula is C40H34F2N6O4. The van der Waals surface area contributed by atoms with E-state index in [4.69, 9.17) is 0 Å². The van der Waals surface area contributed by atoms with Crippen LogP contribution in [0.25, 0.3) is 0 Å². The number of fused-ring (bicyclic) bond motifs is 11. The van der Waals surface area contributed by atoms with Crippen molar-refractivity contribution in [3.05, 3.63) is 131 Å². The lowest BCUT2D eigenvalue weighted by Crippen LogP contribution is -2.67. The van der Waals surface area contributed by atoms with Gasteiger partial charge in [-0.15, -0.1) is 0 Å². The standard InChI is InChI=1S/C40H34F2N6O4/c41-23-13-7-15-25-31(23)39(19-29-33(49)43-27(17-21-9-3-1-4-10-21)35(51)47(29)37(39)45-25)40-20-30-34(50)44-28(18-22-11-5-2-6-12-22)36(52)48(30)38(40)46-26-16-8-14-24(42)32(26)40/h1-16,27-30,37-38,45-46H,17-20H2,(H,43,49)(H,44,50). The Balaban J connectivity index is 1.16. The molecule has 4 amide bonds. The smallest absolute Gasteiger partial charge is 0.247 e. The predicted octanol–water partition coefficient (Wildman–Crippen LogP) is 3.33. The van der Waals surface area contributed by atoms with Crippen molar-refractivity contribution in [2.45, 2.75) is 73.0 Å². The molecule has 10 nitrogen and oxygen atoms in total. The summed E-state index contributed by atoms with van der Waals surface area (Å²) in [6.07, 6.45) is -1.65. The molecule has 4 aromatic rings. The monoisotopic (exact) mass is 700 g/mol. The Labute approximate surface area is 297 Å². The second-order valence-corrected chi connectivity index (χ2v) is 14.8. The van der Waals surface area contributed by atoms with Crippen LogP contribution in [0.15, 0.2) is 97.1 Å². The number of piperazine rings is 2. The first-order valence-corrected chi connectivity index (χ1v) is 17.7. The number of halogens is 2. The highest BCUT2D eigenvalue weighted by molar-refractivity contribution is 6.01. The van der Waals surface area contributed by atoms with Crippen LogP contribution in [-0.4, -0.2) is 69.9 Å². The van der Waals surface area contributed by atoms with Crippen molar-refractivity contribution in [2.24, 2.45) is 0 Å². The molecule has 6 aliphatic rings. The summed E-state index contributed by atoms with van der Waals surface area (Å²) < 4.78 is 33.4. The molecule has 262 valence electrons. The van der Waals surface area contributed by atoms with E-state index in [1.54, 1.807) is 24.3 Å². The average molecular weight is 701 g/mol. The molecule has 4 aromatic carbocycles. The third-order valence-corrected chi connectivity index (χ3v) is 12.4. The molecule has 52 heavy (non-hydrogen) atoms. The number of hydrogen-bond donors (Lipinski definition) is 4. The summed E-state index contributed by atoms with van der Waals surface area (Å²) in [5.74, 6) is -2.64. The lowest BCUT2D eigenvalue weighted by atomic mass is 9.54. The summed E-state index contributed by atoms with van der Waals surface area (Å²) >= 11 is 0. The quantitative estimate of drug-likeness (QED) is 0.254. The van der Waals surface area contributed by atoms with Gasteiger partial charge in [0.1, 0.15) is 48.1 Å². The van der Waals surface area contributed by atoms with Gasteiger partial charge in [-0.3, -0.25) is 19.2 Å². The van der Waals surface area contributed by atoms with Crippen molar-refractivity contribution in [2.75, 3.05) is 10.6 Å². The molecule has 8 unspecified atom stereocenters. The van der Waals surface area contributed by atoms with E-state index in [9.17, 15) is 19.2 Å². The van der Waals surface area contributed by atoms with Gasteiger partial charge in [-0.25, -0.2) is 8.78 Å². The lowest BCUT2D eigenvalue weighted by molar-refractivity contribution is -0.149. The van der Waals surface area contributed by atoms with Crippen LogP contribution in [0.4, 0.5) is 20.2 Å². The van der Waals surface area contributed by atoms with Crippen molar-refractivity contribution in [3.63, 3.8) is 0 Å². The zero-order valence-electron chi connectivity index (χ0n) is 27.8. The zero-order chi connectivity index (χ0) is 35.5. The normalized spacial score (nSPS) is 32.1. The molecule has 0 saturated carbocycles. The largest absolute Gasteiger partial charge is 0.364 e. The maximum Gasteiger partial charge on any atom is 0.247 e. The van der Waals surface area contributed by atoms with Crippen molar-refractivity contribution >= 4 is 35.0 Å². The van der Waals surface area contributed by atoms with Gasteiger partial charge in [-0.1, -0.05) is 72.8 Å². The number of nitrogens with zero attached hydrogens (tertiary/aromatic N) is 2. The third-order valence-electron chi connectivity index (χ3n) is 12.4. The Bertz CT molecular complexity index is 2050. The molecular weight excluding hydrogens is 666 g/mol. The SMILES string of the molecule is O=C1NC(Cc2ccccc2)C(=O)N2C1CC1(C34CC5C(=O)NC(Cc6ccccc6)C(=O)N5C3Nc3cccc(F)c34)c3c(F)cccc3NC21. The van der Waals surface area contributed by atoms with Crippen molar-refractivity contribution in [1.82, 2.24) is 20.4 Å². The Hall–Kier alpha value is -5.78. The minimum absolute atomic E-state index is 0.0655. The van der Waals surface area contributed by atoms with E-state index in [2.05, 4.69) is 21.3 Å². The van der Waals surface area contributed by atoms with Gasteiger partial charge in [-0.05, 0) is 48.2 Å². The van der Waals surface area contributed by atoms with Gasteiger partial charge < -0.3 is 31.1 Å². The van der Waals surface area contributed by atoms with E-state index in [-0.39, 0.29) is 48.6 Å². The number of anilines is 2. The van der Waals surface area contributed by atoms with Crippen LogP contribution >= 0.6 is 0 Å². The maximum absolute atomic E-state index is 16.7. The van der Waals surface area contributed by atoms with Crippen LogP contribution in [0.1, 0.15) is 35.1 Å². The van der Waals surface area contributed by atoms with Crippen molar-refractivity contribution < 1.29 is 28.0 Å². The molecule has 12 heteroatoms. The molecule has 0 aromatic heterocycles. The summed E-state index contributed by atoms with van der Waals surface area (Å²) in [7, 11) is 0. The summed E-state index contributed by atoms with van der Waals surface area (Å²) in [5, 5.41) is 12.7. The molecule has 8 atom stereocenters. The molecule has 10 rings (SSSR count). The summed E-state index contributed by atoms with van der Waals surface area (Å²) in [6, 6.07) is 24.1. The second kappa shape index (κ2) is 10.9. The number of carbonyl (C=O) groups excluding carboxylic acids is 4. The number of carbonyl (C=O) groups is 4. The molecule has 4 fully saturated rings. The molecule has 0 aliphatic carbocycles. The first-order chi connectivity index (χ1) is 25.2. The highest BCUT2D eigenvalue weighted by Crippen LogP contribution is 2.69. The predicted molar refractivity (Wildman–Crippen MR) is 186 cm³/mol. The van der Waals surface area contributed by atoms with Crippen LogP contribution < -0.4 is 21.3 Å². The Morgan fingerprint density at radius 1 is 0.538 bits per heavy atom. The van der Waals surface area contributed by atoms with Gasteiger partial charge in [-0.2, -0.15) is 0 Å². The van der Waals surface area contributed by atoms with Gasteiger partial charge in [0.05, 0.1) is 10.8 Å². The van der Waals surface area contributed by atoms with Gasteiger partial charge in [0, 0.05) is 35.3 Å². The van der Waals surface area contributed by atoms with Crippen molar-refractivity contribution in [1.29, 1.82) is 0 Å².